The highest BCUT2D eigenvalue weighted by Gasteiger charge is 2.33. The molecule has 2 amide bonds. The number of amides is 2. The van der Waals surface area contributed by atoms with Crippen molar-refractivity contribution in [3.63, 3.8) is 0 Å². The zero-order chi connectivity index (χ0) is 27.9. The second-order valence-electron chi connectivity index (χ2n) is 9.13. The molecule has 1 atom stereocenters. The van der Waals surface area contributed by atoms with Crippen LogP contribution in [0.5, 0.6) is 0 Å². The molecule has 0 aliphatic carbocycles. The summed E-state index contributed by atoms with van der Waals surface area (Å²) in [6, 6.07) is 19.7. The summed E-state index contributed by atoms with van der Waals surface area (Å²) in [4.78, 5) is 28.4. The number of benzene rings is 3. The summed E-state index contributed by atoms with van der Waals surface area (Å²) in [6.45, 7) is 7.54. The van der Waals surface area contributed by atoms with Crippen LogP contribution in [0.3, 0.4) is 0 Å². The van der Waals surface area contributed by atoms with Crippen LogP contribution >= 0.6 is 11.6 Å². The van der Waals surface area contributed by atoms with Crippen molar-refractivity contribution in [1.29, 1.82) is 0 Å². The second-order valence-corrected chi connectivity index (χ2v) is 11.4. The molecule has 0 spiro atoms. The molecule has 0 bridgehead atoms. The molecule has 0 radical (unpaired) electrons. The van der Waals surface area contributed by atoms with Gasteiger partial charge in [-0.25, -0.2) is 8.42 Å². The van der Waals surface area contributed by atoms with Crippen LogP contribution in [-0.4, -0.2) is 44.3 Å². The third-order valence-electron chi connectivity index (χ3n) is 6.19. The third-order valence-corrected chi connectivity index (χ3v) is 8.22. The number of sulfonamides is 1. The van der Waals surface area contributed by atoms with Gasteiger partial charge in [-0.15, -0.1) is 0 Å². The van der Waals surface area contributed by atoms with Gasteiger partial charge in [-0.2, -0.15) is 0 Å². The third kappa shape index (κ3) is 7.14. The first kappa shape index (κ1) is 29.2. The predicted molar refractivity (Wildman–Crippen MR) is 152 cm³/mol. The topological polar surface area (TPSA) is 86.8 Å². The molecule has 202 valence electrons. The van der Waals surface area contributed by atoms with E-state index in [0.717, 1.165) is 21.0 Å². The smallest absolute Gasteiger partial charge is 0.264 e. The zero-order valence-corrected chi connectivity index (χ0v) is 23.7. The van der Waals surface area contributed by atoms with Crippen molar-refractivity contribution >= 4 is 39.1 Å². The number of anilines is 1. The van der Waals surface area contributed by atoms with E-state index in [4.69, 9.17) is 11.6 Å². The van der Waals surface area contributed by atoms with E-state index in [0.29, 0.717) is 18.0 Å². The summed E-state index contributed by atoms with van der Waals surface area (Å²) >= 11 is 6.20. The Hall–Kier alpha value is -3.36. The Morgan fingerprint density at radius 3 is 2.08 bits per heavy atom. The van der Waals surface area contributed by atoms with Crippen LogP contribution in [0.4, 0.5) is 5.69 Å². The minimum Gasteiger partial charge on any atom is -0.355 e. The number of hydrogen-bond donors (Lipinski definition) is 1. The van der Waals surface area contributed by atoms with Gasteiger partial charge < -0.3 is 10.2 Å². The summed E-state index contributed by atoms with van der Waals surface area (Å²) in [5.74, 6) is -0.787. The Kier molecular flexibility index (Phi) is 9.94. The Balaban J connectivity index is 2.05. The quantitative estimate of drug-likeness (QED) is 0.357. The van der Waals surface area contributed by atoms with Crippen LogP contribution in [0.1, 0.15) is 37.0 Å². The molecular formula is C29H34ClN3O4S. The highest BCUT2D eigenvalue weighted by atomic mass is 35.5. The molecule has 0 fully saturated rings. The molecule has 0 aliphatic rings. The Bertz CT molecular complexity index is 1360. The summed E-state index contributed by atoms with van der Waals surface area (Å²) in [5.41, 5.74) is 3.07. The molecule has 0 aromatic heterocycles. The lowest BCUT2D eigenvalue weighted by molar-refractivity contribution is -0.140. The van der Waals surface area contributed by atoms with E-state index < -0.39 is 28.5 Å². The van der Waals surface area contributed by atoms with Crippen molar-refractivity contribution in [1.82, 2.24) is 10.2 Å². The lowest BCUT2D eigenvalue weighted by Gasteiger charge is -2.33. The molecule has 0 aliphatic heterocycles. The van der Waals surface area contributed by atoms with Crippen LogP contribution in [0.15, 0.2) is 77.7 Å². The fraction of sp³-hybridized carbons (Fsp3) is 0.310. The summed E-state index contributed by atoms with van der Waals surface area (Å²) < 4.78 is 28.7. The van der Waals surface area contributed by atoms with E-state index in [1.165, 1.54) is 23.1 Å². The summed E-state index contributed by atoms with van der Waals surface area (Å²) in [5, 5.41) is 3.14. The molecule has 1 N–H and O–H groups in total. The van der Waals surface area contributed by atoms with E-state index in [-0.39, 0.29) is 23.0 Å². The molecule has 3 rings (SSSR count). The Morgan fingerprint density at radius 2 is 1.53 bits per heavy atom. The second kappa shape index (κ2) is 12.9. The number of hydrogen-bond acceptors (Lipinski definition) is 4. The number of rotatable bonds is 11. The van der Waals surface area contributed by atoms with Gasteiger partial charge in [-0.05, 0) is 63.1 Å². The number of carbonyl (C=O) groups excluding carboxylic acids is 2. The largest absolute Gasteiger partial charge is 0.355 e. The van der Waals surface area contributed by atoms with E-state index in [1.54, 1.807) is 30.3 Å². The van der Waals surface area contributed by atoms with Gasteiger partial charge in [0.25, 0.3) is 10.0 Å². The van der Waals surface area contributed by atoms with Gasteiger partial charge in [0.05, 0.1) is 10.6 Å². The molecule has 7 nitrogen and oxygen atoms in total. The van der Waals surface area contributed by atoms with Gasteiger partial charge in [0.2, 0.25) is 11.8 Å². The molecule has 0 saturated carbocycles. The van der Waals surface area contributed by atoms with Crippen molar-refractivity contribution in [3.05, 3.63) is 94.5 Å². The molecule has 38 heavy (non-hydrogen) atoms. The van der Waals surface area contributed by atoms with Crippen LogP contribution < -0.4 is 9.62 Å². The monoisotopic (exact) mass is 555 g/mol. The number of nitrogens with one attached hydrogen (secondary N) is 1. The SMILES string of the molecule is CCNC(=O)[C@@H](CC)N(Cc1ccc(C)cc1)C(=O)CN(c1cccc(Cl)c1)S(=O)(=O)c1ccc(C)cc1. The Labute approximate surface area is 230 Å². The van der Waals surface area contributed by atoms with Crippen molar-refractivity contribution in [2.24, 2.45) is 0 Å². The molecule has 0 saturated heterocycles. The first-order valence-electron chi connectivity index (χ1n) is 12.5. The van der Waals surface area contributed by atoms with E-state index in [9.17, 15) is 18.0 Å². The van der Waals surface area contributed by atoms with Gasteiger partial charge in [0.1, 0.15) is 12.6 Å². The standard InChI is InChI=1S/C29H34ClN3O4S/c1-5-27(29(35)31-6-2)32(19-23-14-10-21(3)11-15-23)28(34)20-33(25-9-7-8-24(30)18-25)38(36,37)26-16-12-22(4)13-17-26/h7-18,27H,5-6,19-20H2,1-4H3,(H,31,35)/t27-/m1/s1. The highest BCUT2D eigenvalue weighted by Crippen LogP contribution is 2.27. The first-order chi connectivity index (χ1) is 18.1. The fourth-order valence-electron chi connectivity index (χ4n) is 4.10. The average molecular weight is 556 g/mol. The van der Waals surface area contributed by atoms with Gasteiger partial charge in [-0.3, -0.25) is 13.9 Å². The average Bonchev–Trinajstić information content (AvgIpc) is 2.88. The zero-order valence-electron chi connectivity index (χ0n) is 22.1. The molecule has 0 heterocycles. The van der Waals surface area contributed by atoms with Gasteiger partial charge in [0, 0.05) is 18.1 Å². The summed E-state index contributed by atoms with van der Waals surface area (Å²) in [7, 11) is -4.13. The van der Waals surface area contributed by atoms with E-state index >= 15 is 0 Å². The lowest BCUT2D eigenvalue weighted by Crippen LogP contribution is -2.52. The van der Waals surface area contributed by atoms with Crippen LogP contribution in [0, 0.1) is 13.8 Å². The van der Waals surface area contributed by atoms with Gasteiger partial charge >= 0.3 is 0 Å². The molecule has 0 unspecified atom stereocenters. The van der Waals surface area contributed by atoms with E-state index in [2.05, 4.69) is 5.32 Å². The van der Waals surface area contributed by atoms with Gasteiger partial charge in [0.15, 0.2) is 0 Å². The van der Waals surface area contributed by atoms with Crippen LogP contribution in [0.25, 0.3) is 0 Å². The maximum Gasteiger partial charge on any atom is 0.264 e. The predicted octanol–water partition coefficient (Wildman–Crippen LogP) is 5.10. The molecular weight excluding hydrogens is 522 g/mol. The Morgan fingerprint density at radius 1 is 0.921 bits per heavy atom. The first-order valence-corrected chi connectivity index (χ1v) is 14.4. The number of halogens is 1. The van der Waals surface area contributed by atoms with E-state index in [1.807, 2.05) is 52.0 Å². The van der Waals surface area contributed by atoms with Crippen molar-refractivity contribution < 1.29 is 18.0 Å². The lowest BCUT2D eigenvalue weighted by atomic mass is 10.1. The minimum atomic E-state index is -4.13. The van der Waals surface area contributed by atoms with Crippen LogP contribution in [0.2, 0.25) is 5.02 Å². The number of carbonyl (C=O) groups is 2. The fourth-order valence-corrected chi connectivity index (χ4v) is 5.69. The molecule has 3 aromatic carbocycles. The highest BCUT2D eigenvalue weighted by molar-refractivity contribution is 7.92. The van der Waals surface area contributed by atoms with Gasteiger partial charge in [-0.1, -0.05) is 72.1 Å². The molecule has 9 heteroatoms. The number of likely N-dealkylation sites (N-methyl/N-ethyl adjacent to an activating group) is 1. The van der Waals surface area contributed by atoms with Crippen LogP contribution in [-0.2, 0) is 26.2 Å². The number of aryl methyl sites for hydroxylation is 2. The number of nitrogens with zero attached hydrogens (tertiary/aromatic N) is 2. The molecule has 3 aromatic rings. The van der Waals surface area contributed by atoms with Crippen molar-refractivity contribution in [2.45, 2.75) is 51.6 Å². The van der Waals surface area contributed by atoms with Crippen molar-refractivity contribution in [3.8, 4) is 0 Å². The normalized spacial score (nSPS) is 12.0. The summed E-state index contributed by atoms with van der Waals surface area (Å²) in [6.07, 6.45) is 0.366. The maximum atomic E-state index is 13.9. The minimum absolute atomic E-state index is 0.0525. The maximum absolute atomic E-state index is 13.9. The van der Waals surface area contributed by atoms with Crippen molar-refractivity contribution in [2.75, 3.05) is 17.4 Å².